The summed E-state index contributed by atoms with van der Waals surface area (Å²) in [6, 6.07) is 13.8. The summed E-state index contributed by atoms with van der Waals surface area (Å²) in [6.45, 7) is 0.267. The number of anilines is 1. The third-order valence-corrected chi connectivity index (χ3v) is 6.47. The molecule has 0 radical (unpaired) electrons. The van der Waals surface area contributed by atoms with E-state index >= 15 is 0 Å². The number of para-hydroxylation sites is 3. The van der Waals surface area contributed by atoms with Gasteiger partial charge in [0.05, 0.1) is 25.2 Å². The van der Waals surface area contributed by atoms with Gasteiger partial charge < -0.3 is 14.4 Å². The van der Waals surface area contributed by atoms with Crippen molar-refractivity contribution in [3.05, 3.63) is 88.3 Å². The molecule has 0 amide bonds. The molecule has 0 spiro atoms. The van der Waals surface area contributed by atoms with E-state index in [-0.39, 0.29) is 24.3 Å². The van der Waals surface area contributed by atoms with Gasteiger partial charge in [0.25, 0.3) is 0 Å². The predicted molar refractivity (Wildman–Crippen MR) is 127 cm³/mol. The first-order valence-electron chi connectivity index (χ1n) is 11.5. The number of hydrogen-bond acceptors (Lipinski definition) is 4. The number of rotatable bonds is 6. The summed E-state index contributed by atoms with van der Waals surface area (Å²) in [5.74, 6) is -1.45. The maximum Gasteiger partial charge on any atom is 0.573 e. The Balaban J connectivity index is 1.59. The van der Waals surface area contributed by atoms with Gasteiger partial charge in [-0.3, -0.25) is 9.13 Å². The number of halogens is 5. The molecule has 1 atom stereocenters. The number of imidazole rings is 1. The average molecular weight is 519 g/mol. The van der Waals surface area contributed by atoms with Crippen molar-refractivity contribution >= 4 is 16.7 Å². The largest absolute Gasteiger partial charge is 0.573 e. The van der Waals surface area contributed by atoms with Crippen molar-refractivity contribution in [3.8, 4) is 11.5 Å². The first-order chi connectivity index (χ1) is 17.7. The summed E-state index contributed by atoms with van der Waals surface area (Å²) in [4.78, 5) is 15.3. The Bertz CT molecular complexity index is 1490. The molecule has 1 unspecified atom stereocenters. The number of aromatic nitrogens is 2. The zero-order valence-corrected chi connectivity index (χ0v) is 19.6. The Morgan fingerprint density at radius 2 is 1.62 bits per heavy atom. The second-order valence-electron chi connectivity index (χ2n) is 8.68. The molecular formula is C26H22F5N3O3. The van der Waals surface area contributed by atoms with E-state index < -0.39 is 35.5 Å². The van der Waals surface area contributed by atoms with E-state index in [9.17, 15) is 26.7 Å². The second-order valence-corrected chi connectivity index (χ2v) is 8.68. The highest BCUT2D eigenvalue weighted by atomic mass is 19.4. The zero-order valence-electron chi connectivity index (χ0n) is 19.6. The van der Waals surface area contributed by atoms with Crippen LogP contribution in [0.5, 0.6) is 11.5 Å². The summed E-state index contributed by atoms with van der Waals surface area (Å²) in [7, 11) is 1.43. The Morgan fingerprint density at radius 1 is 0.946 bits per heavy atom. The van der Waals surface area contributed by atoms with Crippen LogP contribution in [0.15, 0.2) is 65.5 Å². The maximum absolute atomic E-state index is 14.4. The van der Waals surface area contributed by atoms with Crippen LogP contribution >= 0.6 is 0 Å². The Hall–Kier alpha value is -4.02. The Labute approximate surface area is 208 Å². The van der Waals surface area contributed by atoms with E-state index in [4.69, 9.17) is 4.74 Å². The van der Waals surface area contributed by atoms with Gasteiger partial charge in [0.1, 0.15) is 34.3 Å². The second kappa shape index (κ2) is 9.45. The van der Waals surface area contributed by atoms with Crippen LogP contribution in [0.1, 0.15) is 18.0 Å². The number of alkyl halides is 3. The third kappa shape index (κ3) is 4.61. The van der Waals surface area contributed by atoms with Crippen molar-refractivity contribution in [2.75, 3.05) is 25.1 Å². The molecule has 1 aliphatic rings. The van der Waals surface area contributed by atoms with Crippen LogP contribution in [-0.4, -0.2) is 35.7 Å². The van der Waals surface area contributed by atoms with Crippen molar-refractivity contribution in [1.82, 2.24) is 9.13 Å². The number of hydrogen-bond donors (Lipinski definition) is 0. The fraction of sp³-hybridized carbons (Fsp3) is 0.269. The molecule has 1 aromatic heterocycles. The van der Waals surface area contributed by atoms with Crippen LogP contribution in [-0.2, 0) is 6.54 Å². The summed E-state index contributed by atoms with van der Waals surface area (Å²) >= 11 is 0. The smallest absolute Gasteiger partial charge is 0.494 e. The highest BCUT2D eigenvalue weighted by Crippen LogP contribution is 2.35. The van der Waals surface area contributed by atoms with E-state index in [1.54, 1.807) is 29.2 Å². The quantitative estimate of drug-likeness (QED) is 0.316. The summed E-state index contributed by atoms with van der Waals surface area (Å²) in [6.07, 6.45) is -4.47. The normalized spacial score (nSPS) is 15.9. The van der Waals surface area contributed by atoms with E-state index in [1.165, 1.54) is 52.6 Å². The fourth-order valence-corrected chi connectivity index (χ4v) is 4.95. The van der Waals surface area contributed by atoms with Gasteiger partial charge in [-0.25, -0.2) is 13.6 Å². The molecule has 194 valence electrons. The molecule has 1 fully saturated rings. The van der Waals surface area contributed by atoms with Gasteiger partial charge in [-0.2, -0.15) is 0 Å². The predicted octanol–water partition coefficient (Wildman–Crippen LogP) is 5.49. The number of benzene rings is 3. The lowest BCUT2D eigenvalue weighted by atomic mass is 10.2. The monoisotopic (exact) mass is 519 g/mol. The molecule has 4 aromatic rings. The fourth-order valence-electron chi connectivity index (χ4n) is 4.95. The highest BCUT2D eigenvalue weighted by Gasteiger charge is 2.33. The first-order valence-corrected chi connectivity index (χ1v) is 11.5. The van der Waals surface area contributed by atoms with Crippen LogP contribution in [0.4, 0.5) is 27.6 Å². The average Bonchev–Trinajstić information content (AvgIpc) is 3.42. The molecule has 0 aliphatic carbocycles. The lowest BCUT2D eigenvalue weighted by Gasteiger charge is -2.20. The van der Waals surface area contributed by atoms with Crippen LogP contribution in [0.25, 0.3) is 11.0 Å². The van der Waals surface area contributed by atoms with Gasteiger partial charge in [0.2, 0.25) is 0 Å². The summed E-state index contributed by atoms with van der Waals surface area (Å²) < 4.78 is 80.2. The van der Waals surface area contributed by atoms with Crippen molar-refractivity contribution in [3.63, 3.8) is 0 Å². The minimum absolute atomic E-state index is 0.147. The number of nitrogens with zero attached hydrogens (tertiary/aromatic N) is 3. The Kier molecular flexibility index (Phi) is 6.30. The lowest BCUT2D eigenvalue weighted by Crippen LogP contribution is -2.30. The molecule has 0 N–H and O–H groups in total. The van der Waals surface area contributed by atoms with Gasteiger partial charge in [-0.15, -0.1) is 13.2 Å². The summed E-state index contributed by atoms with van der Waals surface area (Å²) in [5.41, 5.74) is 0.403. The van der Waals surface area contributed by atoms with E-state index in [1.807, 2.05) is 0 Å². The third-order valence-electron chi connectivity index (χ3n) is 6.47. The molecule has 0 bridgehead atoms. The molecular weight excluding hydrogens is 497 g/mol. The summed E-state index contributed by atoms with van der Waals surface area (Å²) in [5, 5.41) is 0. The van der Waals surface area contributed by atoms with Crippen molar-refractivity contribution in [1.29, 1.82) is 0 Å². The zero-order chi connectivity index (χ0) is 26.3. The SMILES string of the molecule is COc1cccc2c1n(Cc1ccccc1OC(F)(F)F)c(=O)n2C1CCN(c2c(F)cccc2F)C1. The van der Waals surface area contributed by atoms with Gasteiger partial charge in [-0.05, 0) is 36.8 Å². The van der Waals surface area contributed by atoms with Gasteiger partial charge in [0, 0.05) is 18.7 Å². The van der Waals surface area contributed by atoms with Crippen molar-refractivity contribution < 1.29 is 31.4 Å². The van der Waals surface area contributed by atoms with Gasteiger partial charge in [-0.1, -0.05) is 30.3 Å². The molecule has 37 heavy (non-hydrogen) atoms. The van der Waals surface area contributed by atoms with Gasteiger partial charge >= 0.3 is 12.1 Å². The molecule has 2 heterocycles. The van der Waals surface area contributed by atoms with Crippen LogP contribution in [0.3, 0.4) is 0 Å². The van der Waals surface area contributed by atoms with Gasteiger partial charge in [0.15, 0.2) is 0 Å². The molecule has 5 rings (SSSR count). The van der Waals surface area contributed by atoms with Crippen LogP contribution in [0.2, 0.25) is 0 Å². The molecule has 0 saturated carbocycles. The first kappa shape index (κ1) is 24.7. The highest BCUT2D eigenvalue weighted by molar-refractivity contribution is 5.83. The number of ether oxygens (including phenoxy) is 2. The van der Waals surface area contributed by atoms with E-state index in [0.717, 1.165) is 0 Å². The van der Waals surface area contributed by atoms with Crippen molar-refractivity contribution in [2.24, 2.45) is 0 Å². The van der Waals surface area contributed by atoms with E-state index in [2.05, 4.69) is 4.74 Å². The molecule has 3 aromatic carbocycles. The minimum atomic E-state index is -4.90. The molecule has 1 aliphatic heterocycles. The number of methoxy groups -OCH3 is 1. The molecule has 6 nitrogen and oxygen atoms in total. The van der Waals surface area contributed by atoms with Crippen LogP contribution in [0, 0.1) is 11.6 Å². The molecule has 1 saturated heterocycles. The Morgan fingerprint density at radius 3 is 2.32 bits per heavy atom. The standard InChI is InChI=1S/C26H22F5N3O3/c1-36-22-11-5-9-20-24(22)33(14-16-6-2-3-10-21(16)37-26(29,30)31)25(35)34(20)17-12-13-32(15-17)23-18(27)7-4-8-19(23)28/h2-11,17H,12-15H2,1H3. The maximum atomic E-state index is 14.4. The minimum Gasteiger partial charge on any atom is -0.494 e. The topological polar surface area (TPSA) is 48.6 Å². The number of fused-ring (bicyclic) bond motifs is 1. The van der Waals surface area contributed by atoms with Crippen LogP contribution < -0.4 is 20.1 Å². The van der Waals surface area contributed by atoms with Crippen molar-refractivity contribution in [2.45, 2.75) is 25.4 Å². The lowest BCUT2D eigenvalue weighted by molar-refractivity contribution is -0.274. The van der Waals surface area contributed by atoms with E-state index in [0.29, 0.717) is 29.7 Å². The molecule has 11 heteroatoms.